The van der Waals surface area contributed by atoms with Crippen molar-refractivity contribution < 1.29 is 0 Å². The highest BCUT2D eigenvalue weighted by Crippen LogP contribution is 2.27. The predicted octanol–water partition coefficient (Wildman–Crippen LogP) is 1.48. The molecule has 2 aliphatic rings. The molecule has 2 aliphatic heterocycles. The molecule has 1 unspecified atom stereocenters. The van der Waals surface area contributed by atoms with Crippen LogP contribution < -0.4 is 5.73 Å². The Bertz CT molecular complexity index is 208. The third-order valence-electron chi connectivity index (χ3n) is 3.24. The Morgan fingerprint density at radius 1 is 1.33 bits per heavy atom. The van der Waals surface area contributed by atoms with E-state index in [9.17, 15) is 0 Å². The van der Waals surface area contributed by atoms with Crippen molar-refractivity contribution in [1.82, 2.24) is 4.90 Å². The van der Waals surface area contributed by atoms with E-state index in [1.165, 1.54) is 50.0 Å². The van der Waals surface area contributed by atoms with Crippen molar-refractivity contribution in [2.24, 2.45) is 5.73 Å². The second-order valence-electron chi connectivity index (χ2n) is 4.03. The van der Waals surface area contributed by atoms with E-state index >= 15 is 0 Å². The number of hydrogen-bond acceptors (Lipinski definition) is 2. The Labute approximate surface area is 74.4 Å². The van der Waals surface area contributed by atoms with Gasteiger partial charge in [-0.15, -0.1) is 0 Å². The van der Waals surface area contributed by atoms with Crippen molar-refractivity contribution in [1.29, 1.82) is 0 Å². The summed E-state index contributed by atoms with van der Waals surface area (Å²) in [5.74, 6) is 0. The van der Waals surface area contributed by atoms with Crippen LogP contribution in [-0.2, 0) is 0 Å². The standard InChI is InChI=1S/C10H18N2/c1-8-5-7-12-6-3-2-4-9(12)10(8)11/h9H,2-7,11H2,1H3. The zero-order valence-electron chi connectivity index (χ0n) is 7.84. The molecule has 0 aromatic heterocycles. The SMILES string of the molecule is CC1=C(N)C2CCCCN2CC1. The van der Waals surface area contributed by atoms with Gasteiger partial charge in [0.2, 0.25) is 0 Å². The van der Waals surface area contributed by atoms with Gasteiger partial charge < -0.3 is 5.73 Å². The van der Waals surface area contributed by atoms with Gasteiger partial charge in [0.15, 0.2) is 0 Å². The predicted molar refractivity (Wildman–Crippen MR) is 50.7 cm³/mol. The molecule has 0 aliphatic carbocycles. The average molecular weight is 166 g/mol. The summed E-state index contributed by atoms with van der Waals surface area (Å²) in [5.41, 5.74) is 8.67. The van der Waals surface area contributed by atoms with Crippen LogP contribution in [0.4, 0.5) is 0 Å². The maximum atomic E-state index is 6.07. The minimum atomic E-state index is 0.590. The lowest BCUT2D eigenvalue weighted by molar-refractivity contribution is 0.160. The lowest BCUT2D eigenvalue weighted by atomic mass is 9.92. The topological polar surface area (TPSA) is 29.3 Å². The Balaban J connectivity index is 2.17. The van der Waals surface area contributed by atoms with Gasteiger partial charge in [0, 0.05) is 18.3 Å². The van der Waals surface area contributed by atoms with Gasteiger partial charge in [-0.1, -0.05) is 12.0 Å². The minimum absolute atomic E-state index is 0.590. The van der Waals surface area contributed by atoms with E-state index in [1.807, 2.05) is 0 Å². The van der Waals surface area contributed by atoms with E-state index in [2.05, 4.69) is 11.8 Å². The Hall–Kier alpha value is -0.500. The average Bonchev–Trinajstić information content (AvgIpc) is 2.12. The first-order chi connectivity index (χ1) is 5.79. The molecule has 0 amide bonds. The molecule has 12 heavy (non-hydrogen) atoms. The lowest BCUT2D eigenvalue weighted by Gasteiger charge is -2.40. The van der Waals surface area contributed by atoms with Gasteiger partial charge in [-0.2, -0.15) is 0 Å². The zero-order chi connectivity index (χ0) is 8.55. The summed E-state index contributed by atoms with van der Waals surface area (Å²) in [6.45, 7) is 4.68. The molecule has 2 rings (SSSR count). The highest BCUT2D eigenvalue weighted by Gasteiger charge is 2.28. The van der Waals surface area contributed by atoms with Gasteiger partial charge >= 0.3 is 0 Å². The first kappa shape index (κ1) is 8.11. The molecule has 1 saturated heterocycles. The molecule has 68 valence electrons. The van der Waals surface area contributed by atoms with Gasteiger partial charge in [0.1, 0.15) is 0 Å². The van der Waals surface area contributed by atoms with Gasteiger partial charge in [0.05, 0.1) is 0 Å². The number of piperidine rings is 1. The monoisotopic (exact) mass is 166 g/mol. The van der Waals surface area contributed by atoms with Crippen LogP contribution in [0.15, 0.2) is 11.3 Å². The molecular weight excluding hydrogens is 148 g/mol. The third kappa shape index (κ3) is 1.24. The van der Waals surface area contributed by atoms with Crippen LogP contribution in [0, 0.1) is 0 Å². The fraction of sp³-hybridized carbons (Fsp3) is 0.800. The van der Waals surface area contributed by atoms with Crippen LogP contribution in [0.2, 0.25) is 0 Å². The largest absolute Gasteiger partial charge is 0.401 e. The summed E-state index contributed by atoms with van der Waals surface area (Å²) < 4.78 is 0. The van der Waals surface area contributed by atoms with Crippen molar-refractivity contribution in [3.8, 4) is 0 Å². The van der Waals surface area contributed by atoms with Crippen LogP contribution >= 0.6 is 0 Å². The third-order valence-corrected chi connectivity index (χ3v) is 3.24. The van der Waals surface area contributed by atoms with E-state index in [4.69, 9.17) is 5.73 Å². The normalized spacial score (nSPS) is 31.9. The molecule has 2 N–H and O–H groups in total. The van der Waals surface area contributed by atoms with Crippen LogP contribution in [0.25, 0.3) is 0 Å². The van der Waals surface area contributed by atoms with Crippen molar-refractivity contribution in [2.75, 3.05) is 13.1 Å². The molecular formula is C10H18N2. The summed E-state index contributed by atoms with van der Waals surface area (Å²) in [4.78, 5) is 2.55. The summed E-state index contributed by atoms with van der Waals surface area (Å²) in [6, 6.07) is 0.590. The van der Waals surface area contributed by atoms with Crippen LogP contribution in [0.5, 0.6) is 0 Å². The van der Waals surface area contributed by atoms with E-state index in [0.29, 0.717) is 6.04 Å². The van der Waals surface area contributed by atoms with Gasteiger partial charge in [0.25, 0.3) is 0 Å². The molecule has 2 heteroatoms. The Kier molecular flexibility index (Phi) is 2.09. The maximum absolute atomic E-state index is 6.07. The fourth-order valence-corrected chi connectivity index (χ4v) is 2.35. The van der Waals surface area contributed by atoms with E-state index in [1.54, 1.807) is 0 Å². The molecule has 0 saturated carbocycles. The number of nitrogens with zero attached hydrogens (tertiary/aromatic N) is 1. The van der Waals surface area contributed by atoms with Crippen LogP contribution in [0.1, 0.15) is 32.6 Å². The summed E-state index contributed by atoms with van der Waals surface area (Å²) >= 11 is 0. The van der Waals surface area contributed by atoms with Gasteiger partial charge in [-0.3, -0.25) is 4.90 Å². The Morgan fingerprint density at radius 2 is 2.17 bits per heavy atom. The summed E-state index contributed by atoms with van der Waals surface area (Å²) in [7, 11) is 0. The van der Waals surface area contributed by atoms with Crippen molar-refractivity contribution in [3.05, 3.63) is 11.3 Å². The number of hydrogen-bond donors (Lipinski definition) is 1. The van der Waals surface area contributed by atoms with Gasteiger partial charge in [-0.25, -0.2) is 0 Å². The molecule has 0 aromatic rings. The molecule has 2 nitrogen and oxygen atoms in total. The first-order valence-electron chi connectivity index (χ1n) is 4.98. The van der Waals surface area contributed by atoms with Crippen molar-refractivity contribution in [2.45, 2.75) is 38.6 Å². The lowest BCUT2D eigenvalue weighted by Crippen LogP contribution is -2.46. The molecule has 1 atom stereocenters. The van der Waals surface area contributed by atoms with Gasteiger partial charge in [-0.05, 0) is 32.7 Å². The first-order valence-corrected chi connectivity index (χ1v) is 4.98. The molecule has 2 heterocycles. The molecule has 0 aromatic carbocycles. The summed E-state index contributed by atoms with van der Waals surface area (Å²) in [6.07, 6.45) is 5.18. The van der Waals surface area contributed by atoms with E-state index in [-0.39, 0.29) is 0 Å². The highest BCUT2D eigenvalue weighted by molar-refractivity contribution is 5.19. The molecule has 0 radical (unpaired) electrons. The van der Waals surface area contributed by atoms with Crippen molar-refractivity contribution >= 4 is 0 Å². The van der Waals surface area contributed by atoms with Crippen molar-refractivity contribution in [3.63, 3.8) is 0 Å². The maximum Gasteiger partial charge on any atom is 0.0492 e. The van der Waals surface area contributed by atoms with Crippen LogP contribution in [0.3, 0.4) is 0 Å². The van der Waals surface area contributed by atoms with E-state index < -0.39 is 0 Å². The Morgan fingerprint density at radius 3 is 3.00 bits per heavy atom. The molecule has 0 spiro atoms. The second-order valence-corrected chi connectivity index (χ2v) is 4.03. The number of rotatable bonds is 0. The number of fused-ring (bicyclic) bond motifs is 1. The molecule has 1 fully saturated rings. The fourth-order valence-electron chi connectivity index (χ4n) is 2.35. The van der Waals surface area contributed by atoms with Crippen LogP contribution in [-0.4, -0.2) is 24.0 Å². The highest BCUT2D eigenvalue weighted by atomic mass is 15.2. The minimum Gasteiger partial charge on any atom is -0.401 e. The van der Waals surface area contributed by atoms with E-state index in [0.717, 1.165) is 0 Å². The summed E-state index contributed by atoms with van der Waals surface area (Å²) in [5, 5.41) is 0. The second kappa shape index (κ2) is 3.09. The quantitative estimate of drug-likeness (QED) is 0.590. The zero-order valence-corrected chi connectivity index (χ0v) is 7.84. The number of nitrogens with two attached hydrogens (primary N) is 1. The molecule has 0 bridgehead atoms. The smallest absolute Gasteiger partial charge is 0.0492 e.